The second-order valence-electron chi connectivity index (χ2n) is 10.5. The maximum absolute atomic E-state index is 12.5. The third kappa shape index (κ3) is 8.56. The zero-order valence-electron chi connectivity index (χ0n) is 25.7. The summed E-state index contributed by atoms with van der Waals surface area (Å²) in [6.07, 6.45) is 0.843. The number of carbonyl (C=O) groups excluding carboxylic acids is 1. The Morgan fingerprint density at radius 2 is 1.79 bits per heavy atom. The molecule has 47 heavy (non-hydrogen) atoms. The largest absolute Gasteiger partial charge is 0.515 e. The highest BCUT2D eigenvalue weighted by molar-refractivity contribution is 6.30. The van der Waals surface area contributed by atoms with Crippen molar-refractivity contribution in [1.82, 2.24) is 35.1 Å². The number of aliphatic hydroxyl groups is 1. The number of ether oxygens (including phenoxy) is 2. The van der Waals surface area contributed by atoms with E-state index < -0.39 is 17.8 Å². The molecule has 3 aromatic carbocycles. The first-order chi connectivity index (χ1) is 22.7. The fourth-order valence-corrected chi connectivity index (χ4v) is 5.15. The quantitative estimate of drug-likeness (QED) is 0.0722. The molecule has 2 heterocycles. The van der Waals surface area contributed by atoms with Crippen molar-refractivity contribution in [1.29, 1.82) is 0 Å². The topological polar surface area (TPSA) is 170 Å². The molecule has 0 fully saturated rings. The minimum Gasteiger partial charge on any atom is -0.407 e. The van der Waals surface area contributed by atoms with E-state index in [1.165, 1.54) is 16.9 Å². The maximum atomic E-state index is 12.5. The van der Waals surface area contributed by atoms with Gasteiger partial charge >= 0.3 is 6.16 Å². The molecule has 0 saturated carbocycles. The minimum atomic E-state index is -0.998. The normalized spacial score (nSPS) is 12.0. The number of tetrazole rings is 1. The third-order valence-electron chi connectivity index (χ3n) is 7.25. The number of rotatable bonds is 14. The highest BCUT2D eigenvalue weighted by atomic mass is 35.5. The van der Waals surface area contributed by atoms with Gasteiger partial charge in [-0.15, -0.1) is 15.0 Å². The number of aliphatic hydroxyl groups excluding tert-OH is 1. The average Bonchev–Trinajstić information content (AvgIpc) is 3.68. The molecule has 0 bridgehead atoms. The van der Waals surface area contributed by atoms with Crippen molar-refractivity contribution in [2.45, 2.75) is 59.1 Å². The number of benzene rings is 3. The summed E-state index contributed by atoms with van der Waals surface area (Å²) in [6.45, 7) is 3.86. The van der Waals surface area contributed by atoms with Crippen LogP contribution in [0.3, 0.4) is 0 Å². The average molecular weight is 664 g/mol. The van der Waals surface area contributed by atoms with Gasteiger partial charge in [-0.25, -0.2) is 14.6 Å². The van der Waals surface area contributed by atoms with Crippen molar-refractivity contribution in [2.24, 2.45) is 0 Å². The fraction of sp³-hybridized carbons (Fsp3) is 0.281. The van der Waals surface area contributed by atoms with Crippen molar-refractivity contribution in [3.8, 4) is 28.3 Å². The van der Waals surface area contributed by atoms with Crippen LogP contribution in [0.4, 0.5) is 4.79 Å². The number of hydrogen-bond acceptors (Lipinski definition) is 12. The van der Waals surface area contributed by atoms with Gasteiger partial charge in [-0.1, -0.05) is 85.6 Å². The van der Waals surface area contributed by atoms with Gasteiger partial charge in [-0.3, -0.25) is 10.4 Å². The Hall–Kier alpha value is -4.70. The monoisotopic (exact) mass is 663 g/mol. The molecular weight excluding hydrogens is 630 g/mol. The number of halogens is 1. The molecule has 14 nitrogen and oxygen atoms in total. The predicted octanol–water partition coefficient (Wildman–Crippen LogP) is 5.99. The van der Waals surface area contributed by atoms with E-state index in [2.05, 4.69) is 32.2 Å². The molecule has 0 radical (unpaired) electrons. The van der Waals surface area contributed by atoms with Crippen LogP contribution in [-0.2, 0) is 35.8 Å². The van der Waals surface area contributed by atoms with E-state index in [0.717, 1.165) is 47.3 Å². The van der Waals surface area contributed by atoms with Gasteiger partial charge < -0.3 is 19.1 Å². The summed E-state index contributed by atoms with van der Waals surface area (Å²) in [5.74, 6) is 1.36. The van der Waals surface area contributed by atoms with E-state index in [-0.39, 0.29) is 19.0 Å². The van der Waals surface area contributed by atoms with Gasteiger partial charge in [0.2, 0.25) is 12.1 Å². The number of unbranched alkanes of at least 4 members (excludes halogenated alkanes) is 1. The summed E-state index contributed by atoms with van der Waals surface area (Å²) in [7, 11) is 0. The highest BCUT2D eigenvalue weighted by Gasteiger charge is 2.20. The summed E-state index contributed by atoms with van der Waals surface area (Å²) >= 11 is 6.32. The van der Waals surface area contributed by atoms with Gasteiger partial charge in [0.25, 0.3) is 0 Å². The molecular formula is C32H34ClN7O7. The molecule has 2 aromatic heterocycles. The van der Waals surface area contributed by atoms with Crippen molar-refractivity contribution in [3.63, 3.8) is 0 Å². The first kappa shape index (κ1) is 33.7. The molecule has 1 unspecified atom stereocenters. The molecule has 0 saturated heterocycles. The van der Waals surface area contributed by atoms with Crippen LogP contribution < -0.4 is 4.74 Å². The SMILES string of the molecule is CCCCc1nc(Cl)c(CO)n1Cc1ccc(-c2ccccc2-c2nnn(C(C)OC(=O)Oc3cccc(CON(O)O)c3)n2)cc1. The van der Waals surface area contributed by atoms with E-state index >= 15 is 0 Å². The van der Waals surface area contributed by atoms with E-state index in [9.17, 15) is 9.90 Å². The summed E-state index contributed by atoms with van der Waals surface area (Å²) in [6, 6.07) is 22.0. The Bertz CT molecular complexity index is 1790. The van der Waals surface area contributed by atoms with Crippen LogP contribution in [0, 0.1) is 0 Å². The van der Waals surface area contributed by atoms with Crippen molar-refractivity contribution in [3.05, 3.63) is 101 Å². The summed E-state index contributed by atoms with van der Waals surface area (Å²) in [5.41, 5.74) is 4.69. The maximum Gasteiger partial charge on any atom is 0.515 e. The fourth-order valence-electron chi connectivity index (χ4n) is 4.90. The molecule has 0 spiro atoms. The molecule has 5 rings (SSSR count). The van der Waals surface area contributed by atoms with Crippen LogP contribution >= 0.6 is 11.6 Å². The second-order valence-corrected chi connectivity index (χ2v) is 10.9. The molecule has 3 N–H and O–H groups in total. The van der Waals surface area contributed by atoms with Gasteiger partial charge in [0.1, 0.15) is 11.6 Å². The molecule has 1 atom stereocenters. The zero-order chi connectivity index (χ0) is 33.3. The molecule has 15 heteroatoms. The first-order valence-corrected chi connectivity index (χ1v) is 15.2. The Morgan fingerprint density at radius 3 is 2.51 bits per heavy atom. The second kappa shape index (κ2) is 15.7. The molecule has 0 aliphatic carbocycles. The first-order valence-electron chi connectivity index (χ1n) is 14.9. The predicted molar refractivity (Wildman–Crippen MR) is 168 cm³/mol. The number of carbonyl (C=O) groups is 1. The lowest BCUT2D eigenvalue weighted by atomic mass is 9.98. The van der Waals surface area contributed by atoms with Crippen molar-refractivity contribution in [2.75, 3.05) is 0 Å². The number of aromatic nitrogens is 6. The van der Waals surface area contributed by atoms with Crippen LogP contribution in [0.25, 0.3) is 22.5 Å². The number of hydrogen-bond donors (Lipinski definition) is 3. The highest BCUT2D eigenvalue weighted by Crippen LogP contribution is 2.31. The van der Waals surface area contributed by atoms with E-state index in [1.54, 1.807) is 19.1 Å². The van der Waals surface area contributed by atoms with E-state index in [1.807, 2.05) is 53.1 Å². The minimum absolute atomic E-state index is 0.164. The van der Waals surface area contributed by atoms with E-state index in [0.29, 0.717) is 28.8 Å². The van der Waals surface area contributed by atoms with Crippen LogP contribution in [-0.4, -0.2) is 56.8 Å². The summed E-state index contributed by atoms with van der Waals surface area (Å²) in [5, 5.41) is 40.0. The van der Waals surface area contributed by atoms with Crippen LogP contribution in [0.2, 0.25) is 5.15 Å². The summed E-state index contributed by atoms with van der Waals surface area (Å²) in [4.78, 5) is 22.7. The van der Waals surface area contributed by atoms with Crippen molar-refractivity contribution >= 4 is 17.8 Å². The standard InChI is InChI=1S/C32H34ClN7O7/c1-3-4-12-29-34-30(33)28(19-41)38(29)18-22-13-15-24(16-14-22)26-10-5-6-11-27(26)31-35-37-39(36-31)21(2)46-32(42)47-25-9-7-8-23(17-25)20-45-40(43)44/h5-11,13-17,21,41,43-44H,3-4,12,18-20H2,1-2H3. The van der Waals surface area contributed by atoms with Crippen LogP contribution in [0.1, 0.15) is 55.6 Å². The molecule has 0 amide bonds. The Balaban J connectivity index is 1.27. The van der Waals surface area contributed by atoms with Gasteiger partial charge in [-0.05, 0) is 52.9 Å². The zero-order valence-corrected chi connectivity index (χ0v) is 26.5. The van der Waals surface area contributed by atoms with Crippen LogP contribution in [0.5, 0.6) is 5.75 Å². The van der Waals surface area contributed by atoms with Gasteiger partial charge in [-0.2, -0.15) is 0 Å². The van der Waals surface area contributed by atoms with Gasteiger partial charge in [0.15, 0.2) is 5.15 Å². The lowest BCUT2D eigenvalue weighted by molar-refractivity contribution is -0.497. The van der Waals surface area contributed by atoms with Crippen LogP contribution in [0.15, 0.2) is 72.8 Å². The number of imidazole rings is 1. The lowest BCUT2D eigenvalue weighted by Crippen LogP contribution is -2.19. The molecule has 5 aromatic rings. The number of nitrogens with zero attached hydrogens (tertiary/aromatic N) is 7. The Morgan fingerprint density at radius 1 is 1.02 bits per heavy atom. The Kier molecular flexibility index (Phi) is 11.3. The van der Waals surface area contributed by atoms with Gasteiger partial charge in [0.05, 0.1) is 24.3 Å². The van der Waals surface area contributed by atoms with Crippen molar-refractivity contribution < 1.29 is 34.6 Å². The lowest BCUT2D eigenvalue weighted by Gasteiger charge is -2.13. The molecule has 0 aliphatic rings. The smallest absolute Gasteiger partial charge is 0.407 e. The molecule has 0 aliphatic heterocycles. The van der Waals surface area contributed by atoms with E-state index in [4.69, 9.17) is 31.5 Å². The Labute approximate surface area is 275 Å². The molecule has 246 valence electrons. The summed E-state index contributed by atoms with van der Waals surface area (Å²) < 4.78 is 12.6. The number of aryl methyl sites for hydroxylation is 1. The van der Waals surface area contributed by atoms with Gasteiger partial charge in [0, 0.05) is 18.5 Å². The third-order valence-corrected chi connectivity index (χ3v) is 7.55.